The van der Waals surface area contributed by atoms with Crippen molar-refractivity contribution in [1.29, 1.82) is 0 Å². The molecule has 0 aliphatic rings. The maximum absolute atomic E-state index is 10.8. The van der Waals surface area contributed by atoms with E-state index in [1.807, 2.05) is 13.8 Å². The van der Waals surface area contributed by atoms with Crippen LogP contribution < -0.4 is 0 Å². The van der Waals surface area contributed by atoms with Crippen molar-refractivity contribution in [3.63, 3.8) is 0 Å². The van der Waals surface area contributed by atoms with Crippen LogP contribution >= 0.6 is 11.6 Å². The van der Waals surface area contributed by atoms with E-state index in [0.29, 0.717) is 12.3 Å². The monoisotopic (exact) mass is 148 g/mol. The van der Waals surface area contributed by atoms with Gasteiger partial charge in [-0.3, -0.25) is 4.79 Å². The average molecular weight is 149 g/mol. The van der Waals surface area contributed by atoms with E-state index in [-0.39, 0.29) is 11.2 Å². The molecule has 0 saturated heterocycles. The number of hydrogen-bond donors (Lipinski definition) is 0. The molecule has 0 spiro atoms. The molecule has 0 heterocycles. The molecule has 0 saturated carbocycles. The molecular weight excluding hydrogens is 136 g/mol. The standard InChI is InChI=1S/C7H13ClO/c1-5(2)4-7(9)6(3)8/h5-6H,4H2,1-3H3/t6-/m1/s1. The Hall–Kier alpha value is -0.0400. The van der Waals surface area contributed by atoms with Gasteiger partial charge in [0.15, 0.2) is 5.78 Å². The zero-order valence-electron chi connectivity index (χ0n) is 6.15. The fourth-order valence-electron chi connectivity index (χ4n) is 0.565. The van der Waals surface area contributed by atoms with Crippen molar-refractivity contribution in [1.82, 2.24) is 0 Å². The number of rotatable bonds is 3. The molecule has 0 bridgehead atoms. The van der Waals surface area contributed by atoms with Gasteiger partial charge >= 0.3 is 0 Å². The van der Waals surface area contributed by atoms with Gasteiger partial charge in [-0.2, -0.15) is 0 Å². The van der Waals surface area contributed by atoms with Crippen LogP contribution in [-0.2, 0) is 4.79 Å². The van der Waals surface area contributed by atoms with Crippen molar-refractivity contribution < 1.29 is 4.79 Å². The van der Waals surface area contributed by atoms with Gasteiger partial charge in [0.1, 0.15) is 0 Å². The van der Waals surface area contributed by atoms with Crippen molar-refractivity contribution in [3.05, 3.63) is 0 Å². The van der Waals surface area contributed by atoms with E-state index in [2.05, 4.69) is 0 Å². The minimum absolute atomic E-state index is 0.145. The first-order chi connectivity index (χ1) is 4.04. The summed E-state index contributed by atoms with van der Waals surface area (Å²) < 4.78 is 0. The van der Waals surface area contributed by atoms with Gasteiger partial charge in [0, 0.05) is 6.42 Å². The van der Waals surface area contributed by atoms with Crippen LogP contribution in [0.5, 0.6) is 0 Å². The maximum atomic E-state index is 10.8. The van der Waals surface area contributed by atoms with Gasteiger partial charge in [-0.05, 0) is 12.8 Å². The van der Waals surface area contributed by atoms with Gasteiger partial charge in [-0.1, -0.05) is 13.8 Å². The molecule has 0 radical (unpaired) electrons. The second-order valence-electron chi connectivity index (χ2n) is 2.68. The first-order valence-corrected chi connectivity index (χ1v) is 3.64. The minimum Gasteiger partial charge on any atom is -0.298 e. The molecule has 0 unspecified atom stereocenters. The van der Waals surface area contributed by atoms with E-state index >= 15 is 0 Å². The van der Waals surface area contributed by atoms with Crippen molar-refractivity contribution >= 4 is 17.4 Å². The first kappa shape index (κ1) is 8.96. The lowest BCUT2D eigenvalue weighted by Gasteiger charge is -2.03. The number of Topliss-reactive ketones (excluding diaryl/α,β-unsaturated/α-hetero) is 1. The molecule has 0 aromatic carbocycles. The summed E-state index contributed by atoms with van der Waals surface area (Å²) in [7, 11) is 0. The Morgan fingerprint density at radius 3 is 2.00 bits per heavy atom. The van der Waals surface area contributed by atoms with Crippen LogP contribution in [0.1, 0.15) is 27.2 Å². The Balaban J connectivity index is 3.51. The second-order valence-corrected chi connectivity index (χ2v) is 3.33. The van der Waals surface area contributed by atoms with E-state index in [0.717, 1.165) is 0 Å². The third-order valence-electron chi connectivity index (χ3n) is 1.05. The summed E-state index contributed by atoms with van der Waals surface area (Å²) in [4.78, 5) is 10.8. The normalized spacial score (nSPS) is 13.9. The molecule has 0 aliphatic heterocycles. The van der Waals surface area contributed by atoms with Gasteiger partial charge in [0.25, 0.3) is 0 Å². The van der Waals surface area contributed by atoms with E-state index in [1.54, 1.807) is 6.92 Å². The fraction of sp³-hybridized carbons (Fsp3) is 0.857. The Kier molecular flexibility index (Phi) is 3.87. The predicted octanol–water partition coefficient (Wildman–Crippen LogP) is 2.23. The molecule has 9 heavy (non-hydrogen) atoms. The number of hydrogen-bond acceptors (Lipinski definition) is 1. The van der Waals surface area contributed by atoms with Crippen LogP contribution in [0.4, 0.5) is 0 Å². The van der Waals surface area contributed by atoms with Crippen molar-refractivity contribution in [3.8, 4) is 0 Å². The summed E-state index contributed by atoms with van der Waals surface area (Å²) in [6.45, 7) is 5.74. The quantitative estimate of drug-likeness (QED) is 0.561. The van der Waals surface area contributed by atoms with E-state index in [9.17, 15) is 4.79 Å². The average Bonchev–Trinajstić information content (AvgIpc) is 1.63. The molecule has 0 N–H and O–H groups in total. The maximum Gasteiger partial charge on any atom is 0.150 e. The molecule has 0 rings (SSSR count). The summed E-state index contributed by atoms with van der Waals surface area (Å²) in [5, 5.41) is -0.313. The number of alkyl halides is 1. The van der Waals surface area contributed by atoms with E-state index < -0.39 is 0 Å². The van der Waals surface area contributed by atoms with Crippen LogP contribution in [0.25, 0.3) is 0 Å². The summed E-state index contributed by atoms with van der Waals surface area (Å²) in [5.74, 6) is 0.574. The summed E-state index contributed by atoms with van der Waals surface area (Å²) in [5.41, 5.74) is 0. The fourth-order valence-corrected chi connectivity index (χ4v) is 0.654. The van der Waals surface area contributed by atoms with E-state index in [4.69, 9.17) is 11.6 Å². The Labute approximate surface area is 61.4 Å². The Morgan fingerprint density at radius 2 is 1.89 bits per heavy atom. The molecule has 1 nitrogen and oxygen atoms in total. The number of carbonyl (C=O) groups is 1. The topological polar surface area (TPSA) is 17.1 Å². The summed E-state index contributed by atoms with van der Waals surface area (Å²) >= 11 is 5.52. The highest BCUT2D eigenvalue weighted by Gasteiger charge is 2.09. The van der Waals surface area contributed by atoms with Gasteiger partial charge in [-0.15, -0.1) is 11.6 Å². The van der Waals surface area contributed by atoms with Crippen LogP contribution in [0.2, 0.25) is 0 Å². The highest BCUT2D eigenvalue weighted by atomic mass is 35.5. The zero-order valence-corrected chi connectivity index (χ0v) is 6.90. The van der Waals surface area contributed by atoms with Gasteiger partial charge in [0.05, 0.1) is 5.38 Å². The van der Waals surface area contributed by atoms with Crippen LogP contribution in [0.3, 0.4) is 0 Å². The number of ketones is 1. The third-order valence-corrected chi connectivity index (χ3v) is 1.30. The largest absolute Gasteiger partial charge is 0.298 e. The molecule has 0 aromatic heterocycles. The molecule has 0 amide bonds. The van der Waals surface area contributed by atoms with Crippen molar-refractivity contribution in [2.45, 2.75) is 32.6 Å². The smallest absolute Gasteiger partial charge is 0.150 e. The molecule has 1 atom stereocenters. The lowest BCUT2D eigenvalue weighted by molar-refractivity contribution is -0.119. The lowest BCUT2D eigenvalue weighted by Crippen LogP contribution is -2.12. The van der Waals surface area contributed by atoms with Crippen LogP contribution in [0.15, 0.2) is 0 Å². The zero-order chi connectivity index (χ0) is 7.44. The minimum atomic E-state index is -0.313. The van der Waals surface area contributed by atoms with Crippen LogP contribution in [-0.4, -0.2) is 11.2 Å². The summed E-state index contributed by atoms with van der Waals surface area (Å²) in [6.07, 6.45) is 0.602. The van der Waals surface area contributed by atoms with Gasteiger partial charge in [0.2, 0.25) is 0 Å². The molecule has 0 aromatic rings. The van der Waals surface area contributed by atoms with Crippen LogP contribution in [0, 0.1) is 5.92 Å². The van der Waals surface area contributed by atoms with E-state index in [1.165, 1.54) is 0 Å². The Bertz CT molecular complexity index is 97.1. The highest BCUT2D eigenvalue weighted by Crippen LogP contribution is 2.06. The highest BCUT2D eigenvalue weighted by molar-refractivity contribution is 6.30. The molecule has 54 valence electrons. The van der Waals surface area contributed by atoms with Crippen molar-refractivity contribution in [2.75, 3.05) is 0 Å². The van der Waals surface area contributed by atoms with Gasteiger partial charge in [-0.25, -0.2) is 0 Å². The molecule has 2 heteroatoms. The number of halogens is 1. The molecule has 0 aliphatic carbocycles. The molecule has 0 fully saturated rings. The number of carbonyl (C=O) groups excluding carboxylic acids is 1. The SMILES string of the molecule is CC(C)CC(=O)[C@@H](C)Cl. The van der Waals surface area contributed by atoms with Crippen molar-refractivity contribution in [2.24, 2.45) is 5.92 Å². The Morgan fingerprint density at radius 1 is 1.44 bits per heavy atom. The second kappa shape index (κ2) is 3.89. The molecular formula is C7H13ClO. The predicted molar refractivity (Wildman–Crippen MR) is 39.8 cm³/mol. The first-order valence-electron chi connectivity index (χ1n) is 3.20. The lowest BCUT2D eigenvalue weighted by atomic mass is 10.1. The third kappa shape index (κ3) is 4.46. The van der Waals surface area contributed by atoms with Gasteiger partial charge < -0.3 is 0 Å². The summed E-state index contributed by atoms with van der Waals surface area (Å²) in [6, 6.07) is 0.